The van der Waals surface area contributed by atoms with Crippen molar-refractivity contribution in [2.75, 3.05) is 13.2 Å². The first-order chi connectivity index (χ1) is 7.50. The third-order valence-corrected chi connectivity index (χ3v) is 2.41. The van der Waals surface area contributed by atoms with Crippen LogP contribution in [0, 0.1) is 11.8 Å². The second kappa shape index (κ2) is 7.73. The molecule has 0 saturated carbocycles. The Kier molecular flexibility index (Phi) is 7.00. The van der Waals surface area contributed by atoms with E-state index in [0.29, 0.717) is 19.6 Å². The summed E-state index contributed by atoms with van der Waals surface area (Å²) in [4.78, 5) is 22.1. The first-order valence-electron chi connectivity index (χ1n) is 5.23. The van der Waals surface area contributed by atoms with Crippen molar-refractivity contribution in [3.63, 3.8) is 0 Å². The molecule has 2 atom stereocenters. The van der Waals surface area contributed by atoms with Crippen LogP contribution in [-0.2, 0) is 14.3 Å². The minimum Gasteiger partial charge on any atom is -0.502 e. The highest BCUT2D eigenvalue weighted by molar-refractivity contribution is 5.84. The van der Waals surface area contributed by atoms with Gasteiger partial charge in [-0.25, -0.2) is 0 Å². The largest absolute Gasteiger partial charge is 0.502 e. The number of ether oxygens (including phenoxy) is 1. The molecule has 16 heavy (non-hydrogen) atoms. The third kappa shape index (κ3) is 5.38. The standard InChI is InChI=1S/C11H19NO4/c1-4-16-7-5-6-12-10(13)8(2)9(3)11(14)15/h4,8-9H,1,5-7H2,2-3H3,(H,12,13)(H,14,15). The molecule has 0 fully saturated rings. The maximum atomic E-state index is 11.5. The molecule has 0 heterocycles. The summed E-state index contributed by atoms with van der Waals surface area (Å²) < 4.78 is 4.88. The Morgan fingerprint density at radius 1 is 1.44 bits per heavy atom. The van der Waals surface area contributed by atoms with Crippen molar-refractivity contribution in [3.8, 4) is 0 Å². The summed E-state index contributed by atoms with van der Waals surface area (Å²) in [5.74, 6) is -2.41. The van der Waals surface area contributed by atoms with Crippen molar-refractivity contribution in [2.45, 2.75) is 20.3 Å². The first kappa shape index (κ1) is 14.5. The van der Waals surface area contributed by atoms with Gasteiger partial charge in [-0.2, -0.15) is 0 Å². The number of carboxylic acids is 1. The fraction of sp³-hybridized carbons (Fsp3) is 0.636. The van der Waals surface area contributed by atoms with Crippen molar-refractivity contribution >= 4 is 11.9 Å². The van der Waals surface area contributed by atoms with Crippen LogP contribution in [0.25, 0.3) is 0 Å². The second-order valence-electron chi connectivity index (χ2n) is 3.60. The Hall–Kier alpha value is -1.52. The zero-order valence-corrected chi connectivity index (χ0v) is 9.73. The van der Waals surface area contributed by atoms with Gasteiger partial charge in [0.25, 0.3) is 0 Å². The van der Waals surface area contributed by atoms with E-state index >= 15 is 0 Å². The molecular formula is C11H19NO4. The lowest BCUT2D eigenvalue weighted by atomic mass is 9.95. The maximum absolute atomic E-state index is 11.5. The van der Waals surface area contributed by atoms with Crippen molar-refractivity contribution < 1.29 is 19.4 Å². The smallest absolute Gasteiger partial charge is 0.307 e. The number of aliphatic carboxylic acids is 1. The topological polar surface area (TPSA) is 75.6 Å². The highest BCUT2D eigenvalue weighted by atomic mass is 16.5. The van der Waals surface area contributed by atoms with Crippen LogP contribution in [0.3, 0.4) is 0 Å². The molecule has 0 rings (SSSR count). The Balaban J connectivity index is 3.79. The predicted octanol–water partition coefficient (Wildman–Crippen LogP) is 1.01. The summed E-state index contributed by atoms with van der Waals surface area (Å²) in [6.45, 7) is 7.48. The maximum Gasteiger partial charge on any atom is 0.307 e. The van der Waals surface area contributed by atoms with Gasteiger partial charge in [-0.05, 0) is 6.42 Å². The van der Waals surface area contributed by atoms with E-state index < -0.39 is 17.8 Å². The summed E-state index contributed by atoms with van der Waals surface area (Å²) in [6.07, 6.45) is 2.02. The highest BCUT2D eigenvalue weighted by Gasteiger charge is 2.25. The number of hydrogen-bond donors (Lipinski definition) is 2. The van der Waals surface area contributed by atoms with Crippen LogP contribution in [0.2, 0.25) is 0 Å². The molecule has 1 amide bonds. The van der Waals surface area contributed by atoms with E-state index in [4.69, 9.17) is 9.84 Å². The van der Waals surface area contributed by atoms with Gasteiger partial charge < -0.3 is 15.2 Å². The van der Waals surface area contributed by atoms with Crippen LogP contribution in [0.15, 0.2) is 12.8 Å². The number of carbonyl (C=O) groups excluding carboxylic acids is 1. The van der Waals surface area contributed by atoms with Crippen LogP contribution < -0.4 is 5.32 Å². The van der Waals surface area contributed by atoms with Crippen LogP contribution in [0.1, 0.15) is 20.3 Å². The molecule has 0 spiro atoms. The second-order valence-corrected chi connectivity index (χ2v) is 3.60. The number of hydrogen-bond acceptors (Lipinski definition) is 3. The van der Waals surface area contributed by atoms with Gasteiger partial charge in [0.1, 0.15) is 0 Å². The fourth-order valence-corrected chi connectivity index (χ4v) is 1.05. The molecule has 0 aliphatic heterocycles. The average molecular weight is 229 g/mol. The summed E-state index contributed by atoms with van der Waals surface area (Å²) in [7, 11) is 0. The number of carboxylic acid groups (broad SMARTS) is 1. The van der Waals surface area contributed by atoms with E-state index in [1.165, 1.54) is 13.2 Å². The molecule has 0 radical (unpaired) electrons. The zero-order valence-electron chi connectivity index (χ0n) is 9.73. The van der Waals surface area contributed by atoms with Crippen LogP contribution >= 0.6 is 0 Å². The lowest BCUT2D eigenvalue weighted by molar-refractivity contribution is -0.146. The normalized spacial score (nSPS) is 13.6. The van der Waals surface area contributed by atoms with Crippen molar-refractivity contribution in [1.82, 2.24) is 5.32 Å². The Bertz CT molecular complexity index is 252. The van der Waals surface area contributed by atoms with E-state index in [1.54, 1.807) is 6.92 Å². The molecule has 0 aromatic heterocycles. The lowest BCUT2D eigenvalue weighted by Gasteiger charge is -2.15. The molecule has 92 valence electrons. The summed E-state index contributed by atoms with van der Waals surface area (Å²) in [5, 5.41) is 11.4. The predicted molar refractivity (Wildman–Crippen MR) is 59.7 cm³/mol. The molecule has 2 unspecified atom stereocenters. The van der Waals surface area contributed by atoms with Gasteiger partial charge in [-0.15, -0.1) is 0 Å². The van der Waals surface area contributed by atoms with E-state index in [2.05, 4.69) is 11.9 Å². The minimum absolute atomic E-state index is 0.242. The monoisotopic (exact) mass is 229 g/mol. The Morgan fingerprint density at radius 2 is 2.06 bits per heavy atom. The van der Waals surface area contributed by atoms with Crippen molar-refractivity contribution in [2.24, 2.45) is 11.8 Å². The molecule has 5 nitrogen and oxygen atoms in total. The van der Waals surface area contributed by atoms with E-state index in [1.807, 2.05) is 0 Å². The summed E-state index contributed by atoms with van der Waals surface area (Å²) in [6, 6.07) is 0. The summed E-state index contributed by atoms with van der Waals surface area (Å²) in [5.41, 5.74) is 0. The highest BCUT2D eigenvalue weighted by Crippen LogP contribution is 2.10. The molecule has 0 aromatic rings. The molecule has 0 aliphatic rings. The van der Waals surface area contributed by atoms with Crippen LogP contribution in [0.4, 0.5) is 0 Å². The lowest BCUT2D eigenvalue weighted by Crippen LogP contribution is -2.35. The first-order valence-corrected chi connectivity index (χ1v) is 5.23. The fourth-order valence-electron chi connectivity index (χ4n) is 1.05. The Morgan fingerprint density at radius 3 is 2.56 bits per heavy atom. The number of nitrogens with one attached hydrogen (secondary N) is 1. The minimum atomic E-state index is -0.961. The Labute approximate surface area is 95.5 Å². The van der Waals surface area contributed by atoms with E-state index in [0.717, 1.165) is 0 Å². The molecule has 0 saturated heterocycles. The molecular weight excluding hydrogens is 210 g/mol. The van der Waals surface area contributed by atoms with Gasteiger partial charge in [0.05, 0.1) is 18.8 Å². The van der Waals surface area contributed by atoms with Gasteiger partial charge in [0.2, 0.25) is 5.91 Å². The molecule has 2 N–H and O–H groups in total. The van der Waals surface area contributed by atoms with Gasteiger partial charge in [0.15, 0.2) is 0 Å². The van der Waals surface area contributed by atoms with Gasteiger partial charge in [0, 0.05) is 12.5 Å². The quantitative estimate of drug-likeness (QED) is 0.481. The number of carbonyl (C=O) groups is 2. The van der Waals surface area contributed by atoms with Gasteiger partial charge in [-0.1, -0.05) is 20.4 Å². The molecule has 0 bridgehead atoms. The third-order valence-electron chi connectivity index (χ3n) is 2.41. The SMILES string of the molecule is C=COCCCNC(=O)C(C)C(C)C(=O)O. The van der Waals surface area contributed by atoms with Gasteiger partial charge >= 0.3 is 5.97 Å². The zero-order chi connectivity index (χ0) is 12.6. The van der Waals surface area contributed by atoms with Gasteiger partial charge in [-0.3, -0.25) is 9.59 Å². The summed E-state index contributed by atoms with van der Waals surface area (Å²) >= 11 is 0. The van der Waals surface area contributed by atoms with Crippen LogP contribution in [-0.4, -0.2) is 30.1 Å². The average Bonchev–Trinajstić information content (AvgIpc) is 2.26. The number of amides is 1. The molecule has 0 aliphatic carbocycles. The molecule has 5 heteroatoms. The van der Waals surface area contributed by atoms with Crippen molar-refractivity contribution in [1.29, 1.82) is 0 Å². The van der Waals surface area contributed by atoms with E-state index in [-0.39, 0.29) is 5.91 Å². The van der Waals surface area contributed by atoms with Crippen molar-refractivity contribution in [3.05, 3.63) is 12.8 Å². The number of rotatable bonds is 8. The van der Waals surface area contributed by atoms with Crippen LogP contribution in [0.5, 0.6) is 0 Å². The molecule has 0 aromatic carbocycles. The van der Waals surface area contributed by atoms with E-state index in [9.17, 15) is 9.59 Å².